The number of nitrogens with zero attached hydrogens (tertiary/aromatic N) is 3. The van der Waals surface area contributed by atoms with Gasteiger partial charge in [-0.1, -0.05) is 18.2 Å². The van der Waals surface area contributed by atoms with Crippen LogP contribution in [0.1, 0.15) is 19.4 Å². The highest BCUT2D eigenvalue weighted by atomic mass is 16.2. The van der Waals surface area contributed by atoms with Crippen LogP contribution < -0.4 is 20.4 Å². The predicted octanol–water partition coefficient (Wildman–Crippen LogP) is 2.25. The number of hydrogen-bond acceptors (Lipinski definition) is 5. The lowest BCUT2D eigenvalue weighted by atomic mass is 10.2. The number of rotatable bonds is 7. The zero-order valence-corrected chi connectivity index (χ0v) is 16.3. The van der Waals surface area contributed by atoms with Crippen molar-refractivity contribution < 1.29 is 9.59 Å². The van der Waals surface area contributed by atoms with E-state index in [9.17, 15) is 9.59 Å². The Morgan fingerprint density at radius 1 is 1.00 bits per heavy atom. The second-order valence-corrected chi connectivity index (χ2v) is 6.25. The van der Waals surface area contributed by atoms with E-state index in [1.165, 1.54) is 0 Å². The summed E-state index contributed by atoms with van der Waals surface area (Å²) in [5.41, 5.74) is 2.25. The second kappa shape index (κ2) is 9.56. The normalized spacial score (nSPS) is 10.2. The quantitative estimate of drug-likeness (QED) is 0.732. The Labute approximate surface area is 160 Å². The first-order chi connectivity index (χ1) is 13.0. The van der Waals surface area contributed by atoms with Crippen LogP contribution in [0.25, 0.3) is 0 Å². The average Bonchev–Trinajstić information content (AvgIpc) is 2.68. The summed E-state index contributed by atoms with van der Waals surface area (Å²) in [5.74, 6) is -0.485. The fourth-order valence-electron chi connectivity index (χ4n) is 2.67. The monoisotopic (exact) mass is 369 g/mol. The molecule has 0 saturated carbocycles. The topological polar surface area (TPSA) is 77.6 Å². The lowest BCUT2D eigenvalue weighted by Gasteiger charge is -2.19. The minimum Gasteiger partial charge on any atom is -0.376 e. The van der Waals surface area contributed by atoms with Gasteiger partial charge in [0.2, 0.25) is 0 Å². The number of para-hydroxylation sites is 2. The van der Waals surface area contributed by atoms with Gasteiger partial charge in [-0.2, -0.15) is 0 Å². The van der Waals surface area contributed by atoms with E-state index in [1.54, 1.807) is 12.3 Å². The Balaban J connectivity index is 1.93. The van der Waals surface area contributed by atoms with Crippen LogP contribution in [0.5, 0.6) is 0 Å². The summed E-state index contributed by atoms with van der Waals surface area (Å²) < 4.78 is 0. The molecule has 2 aromatic rings. The molecule has 0 atom stereocenters. The van der Waals surface area contributed by atoms with Gasteiger partial charge in [0.25, 0.3) is 0 Å². The van der Waals surface area contributed by atoms with Gasteiger partial charge in [0.15, 0.2) is 0 Å². The Bertz CT molecular complexity index is 770. The standard InChI is InChI=1S/C20H27N5O2/c1-5-25(6-2)18-12-11-15(13-21-18)14-22-19(26)20(27)23-16-9-7-8-10-17(16)24(3)4/h7-13H,5-6,14H2,1-4H3,(H,22,26)(H,23,27). The van der Waals surface area contributed by atoms with E-state index >= 15 is 0 Å². The van der Waals surface area contributed by atoms with Crippen molar-refractivity contribution in [2.45, 2.75) is 20.4 Å². The summed E-state index contributed by atoms with van der Waals surface area (Å²) in [6.07, 6.45) is 1.72. The van der Waals surface area contributed by atoms with Gasteiger partial charge < -0.3 is 20.4 Å². The summed E-state index contributed by atoms with van der Waals surface area (Å²) in [4.78, 5) is 32.7. The highest BCUT2D eigenvalue weighted by Crippen LogP contribution is 2.23. The van der Waals surface area contributed by atoms with E-state index in [1.807, 2.05) is 49.3 Å². The highest BCUT2D eigenvalue weighted by Gasteiger charge is 2.15. The van der Waals surface area contributed by atoms with Crippen molar-refractivity contribution in [3.63, 3.8) is 0 Å². The summed E-state index contributed by atoms with van der Waals surface area (Å²) >= 11 is 0. The molecule has 2 N–H and O–H groups in total. The van der Waals surface area contributed by atoms with Gasteiger partial charge in [0, 0.05) is 39.9 Å². The molecule has 0 spiro atoms. The highest BCUT2D eigenvalue weighted by molar-refractivity contribution is 6.39. The van der Waals surface area contributed by atoms with Crippen LogP contribution in [0.3, 0.4) is 0 Å². The Kier molecular flexibility index (Phi) is 7.16. The number of pyridine rings is 1. The molecular formula is C20H27N5O2. The molecular weight excluding hydrogens is 342 g/mol. The number of nitrogens with one attached hydrogen (secondary N) is 2. The molecule has 1 heterocycles. The number of anilines is 3. The van der Waals surface area contributed by atoms with Crippen molar-refractivity contribution in [2.24, 2.45) is 0 Å². The molecule has 144 valence electrons. The van der Waals surface area contributed by atoms with E-state index in [0.29, 0.717) is 5.69 Å². The number of hydrogen-bond donors (Lipinski definition) is 2. The maximum absolute atomic E-state index is 12.2. The first-order valence-electron chi connectivity index (χ1n) is 9.01. The van der Waals surface area contributed by atoms with Crippen molar-refractivity contribution in [2.75, 3.05) is 42.3 Å². The van der Waals surface area contributed by atoms with Crippen molar-refractivity contribution in [1.29, 1.82) is 0 Å². The molecule has 7 nitrogen and oxygen atoms in total. The van der Waals surface area contributed by atoms with Crippen LogP contribution in [0.2, 0.25) is 0 Å². The molecule has 0 bridgehead atoms. The van der Waals surface area contributed by atoms with Crippen LogP contribution in [0, 0.1) is 0 Å². The molecule has 0 unspecified atom stereocenters. The SMILES string of the molecule is CCN(CC)c1ccc(CNC(=O)C(=O)Nc2ccccc2N(C)C)cn1. The third kappa shape index (κ3) is 5.44. The molecule has 7 heteroatoms. The van der Waals surface area contributed by atoms with Gasteiger partial charge in [-0.25, -0.2) is 4.98 Å². The summed E-state index contributed by atoms with van der Waals surface area (Å²) in [7, 11) is 3.75. The fourth-order valence-corrected chi connectivity index (χ4v) is 2.67. The van der Waals surface area contributed by atoms with Gasteiger partial charge in [-0.3, -0.25) is 9.59 Å². The Morgan fingerprint density at radius 2 is 1.70 bits per heavy atom. The summed E-state index contributed by atoms with van der Waals surface area (Å²) in [6.45, 7) is 6.16. The smallest absolute Gasteiger partial charge is 0.313 e. The molecule has 0 fully saturated rings. The van der Waals surface area contributed by atoms with Gasteiger partial charge in [0.05, 0.1) is 11.4 Å². The Morgan fingerprint density at radius 3 is 2.30 bits per heavy atom. The molecule has 0 saturated heterocycles. The molecule has 0 aliphatic carbocycles. The van der Waals surface area contributed by atoms with E-state index in [-0.39, 0.29) is 6.54 Å². The van der Waals surface area contributed by atoms with Gasteiger partial charge in [-0.05, 0) is 37.6 Å². The van der Waals surface area contributed by atoms with Gasteiger partial charge >= 0.3 is 11.8 Å². The van der Waals surface area contributed by atoms with Crippen LogP contribution in [-0.4, -0.2) is 44.0 Å². The number of benzene rings is 1. The zero-order valence-electron chi connectivity index (χ0n) is 16.3. The molecule has 1 aromatic carbocycles. The van der Waals surface area contributed by atoms with Crippen LogP contribution in [0.15, 0.2) is 42.6 Å². The fraction of sp³-hybridized carbons (Fsp3) is 0.350. The average molecular weight is 369 g/mol. The number of carbonyl (C=O) groups is 2. The Hall–Kier alpha value is -3.09. The minimum absolute atomic E-state index is 0.243. The van der Waals surface area contributed by atoms with E-state index in [0.717, 1.165) is 30.2 Å². The molecule has 1 aromatic heterocycles. The molecule has 0 aliphatic heterocycles. The number of carbonyl (C=O) groups excluding carboxylic acids is 2. The van der Waals surface area contributed by atoms with Crippen molar-refractivity contribution in [3.8, 4) is 0 Å². The van der Waals surface area contributed by atoms with Crippen molar-refractivity contribution >= 4 is 29.0 Å². The largest absolute Gasteiger partial charge is 0.376 e. The van der Waals surface area contributed by atoms with E-state index in [4.69, 9.17) is 0 Å². The first-order valence-corrected chi connectivity index (χ1v) is 9.01. The van der Waals surface area contributed by atoms with Gasteiger partial charge in [0.1, 0.15) is 5.82 Å². The maximum Gasteiger partial charge on any atom is 0.313 e. The summed E-state index contributed by atoms with van der Waals surface area (Å²) in [6, 6.07) is 11.1. The van der Waals surface area contributed by atoms with E-state index in [2.05, 4.69) is 34.4 Å². The first kappa shape index (κ1) is 20.2. The van der Waals surface area contributed by atoms with Gasteiger partial charge in [-0.15, -0.1) is 0 Å². The van der Waals surface area contributed by atoms with Crippen molar-refractivity contribution in [3.05, 3.63) is 48.2 Å². The molecule has 0 radical (unpaired) electrons. The van der Waals surface area contributed by atoms with Crippen molar-refractivity contribution in [1.82, 2.24) is 10.3 Å². The summed E-state index contributed by atoms with van der Waals surface area (Å²) in [5, 5.41) is 5.28. The zero-order chi connectivity index (χ0) is 19.8. The lowest BCUT2D eigenvalue weighted by Crippen LogP contribution is -2.35. The second-order valence-electron chi connectivity index (χ2n) is 6.25. The number of amides is 2. The molecule has 0 aliphatic rings. The molecule has 2 rings (SSSR count). The van der Waals surface area contributed by atoms with Crippen LogP contribution >= 0.6 is 0 Å². The van der Waals surface area contributed by atoms with E-state index < -0.39 is 11.8 Å². The third-order valence-electron chi connectivity index (χ3n) is 4.19. The van der Waals surface area contributed by atoms with Crippen LogP contribution in [0.4, 0.5) is 17.2 Å². The lowest BCUT2D eigenvalue weighted by molar-refractivity contribution is -0.136. The molecule has 27 heavy (non-hydrogen) atoms. The maximum atomic E-state index is 12.2. The molecule has 2 amide bonds. The van der Waals surface area contributed by atoms with Crippen LogP contribution in [-0.2, 0) is 16.1 Å². The predicted molar refractivity (Wildman–Crippen MR) is 109 cm³/mol. The minimum atomic E-state index is -0.697. The third-order valence-corrected chi connectivity index (χ3v) is 4.19. The number of aromatic nitrogens is 1.